The fourth-order valence-corrected chi connectivity index (χ4v) is 2.46. The van der Waals surface area contributed by atoms with Crippen LogP contribution in [0.4, 0.5) is 0 Å². The van der Waals surface area contributed by atoms with Gasteiger partial charge in [0.1, 0.15) is 0 Å². The summed E-state index contributed by atoms with van der Waals surface area (Å²) in [6, 6.07) is 0. The summed E-state index contributed by atoms with van der Waals surface area (Å²) in [6.45, 7) is 13.2. The highest BCUT2D eigenvalue weighted by molar-refractivity contribution is 4.89. The number of hydrogen-bond acceptors (Lipinski definition) is 3. The van der Waals surface area contributed by atoms with Crippen LogP contribution >= 0.6 is 0 Å². The highest BCUT2D eigenvalue weighted by atomic mass is 16.3. The third-order valence-corrected chi connectivity index (χ3v) is 3.59. The normalized spacial score (nSPS) is 31.8. The molecule has 3 unspecified atom stereocenters. The Bertz CT molecular complexity index is 188. The Morgan fingerprint density at radius 2 is 1.87 bits per heavy atom. The van der Waals surface area contributed by atoms with E-state index in [1.54, 1.807) is 0 Å². The van der Waals surface area contributed by atoms with Crippen molar-refractivity contribution in [2.24, 2.45) is 11.8 Å². The summed E-state index contributed by atoms with van der Waals surface area (Å²) < 4.78 is 0. The fourth-order valence-electron chi connectivity index (χ4n) is 2.46. The van der Waals surface area contributed by atoms with E-state index in [9.17, 15) is 5.11 Å². The zero-order valence-electron chi connectivity index (χ0n) is 10.6. The molecule has 1 heterocycles. The van der Waals surface area contributed by atoms with E-state index in [0.717, 1.165) is 24.9 Å². The lowest BCUT2D eigenvalue weighted by molar-refractivity contribution is 0.131. The molecule has 1 saturated heterocycles. The number of likely N-dealkylation sites (N-methyl/N-ethyl adjacent to an activating group) is 1. The van der Waals surface area contributed by atoms with Crippen LogP contribution < -0.4 is 5.32 Å². The van der Waals surface area contributed by atoms with Gasteiger partial charge in [0.2, 0.25) is 0 Å². The van der Waals surface area contributed by atoms with Crippen LogP contribution in [0.25, 0.3) is 0 Å². The lowest BCUT2D eigenvalue weighted by atomic mass is 10.0. The van der Waals surface area contributed by atoms with Crippen molar-refractivity contribution in [3.63, 3.8) is 0 Å². The maximum Gasteiger partial charge on any atom is 0.0623 e. The molecule has 1 aliphatic heterocycles. The summed E-state index contributed by atoms with van der Waals surface area (Å²) in [5, 5.41) is 12.8. The van der Waals surface area contributed by atoms with Crippen LogP contribution in [0.2, 0.25) is 0 Å². The molecule has 1 aliphatic rings. The van der Waals surface area contributed by atoms with Crippen molar-refractivity contribution < 1.29 is 5.11 Å². The van der Waals surface area contributed by atoms with Crippen LogP contribution in [-0.4, -0.2) is 48.3 Å². The molecule has 0 spiro atoms. The second-order valence-electron chi connectivity index (χ2n) is 5.40. The standard InChI is InChI=1S/C12H26N2O/c1-5-13-12(4,9-15)8-14-6-10(2)11(3)7-14/h10-11,13,15H,5-9H2,1-4H3. The number of hydrogen-bond donors (Lipinski definition) is 2. The number of rotatable bonds is 5. The van der Waals surface area contributed by atoms with Crippen LogP contribution in [-0.2, 0) is 0 Å². The van der Waals surface area contributed by atoms with Gasteiger partial charge in [0, 0.05) is 19.6 Å². The van der Waals surface area contributed by atoms with Crippen molar-refractivity contribution in [3.8, 4) is 0 Å². The second-order valence-corrected chi connectivity index (χ2v) is 5.40. The van der Waals surface area contributed by atoms with Crippen LogP contribution in [0.1, 0.15) is 27.7 Å². The van der Waals surface area contributed by atoms with E-state index in [0.29, 0.717) is 0 Å². The molecule has 0 aromatic heterocycles. The average Bonchev–Trinajstić information content (AvgIpc) is 2.46. The first-order valence-electron chi connectivity index (χ1n) is 6.09. The Kier molecular flexibility index (Phi) is 4.56. The molecule has 0 bridgehead atoms. The van der Waals surface area contributed by atoms with E-state index in [1.165, 1.54) is 13.1 Å². The molecule has 0 aromatic rings. The molecule has 0 saturated carbocycles. The van der Waals surface area contributed by atoms with Gasteiger partial charge in [-0.05, 0) is 25.3 Å². The van der Waals surface area contributed by atoms with Gasteiger partial charge in [-0.1, -0.05) is 20.8 Å². The molecule has 0 aromatic carbocycles. The smallest absolute Gasteiger partial charge is 0.0623 e. The summed E-state index contributed by atoms with van der Waals surface area (Å²) in [7, 11) is 0. The third-order valence-electron chi connectivity index (χ3n) is 3.59. The molecular weight excluding hydrogens is 188 g/mol. The summed E-state index contributed by atoms with van der Waals surface area (Å²) in [4.78, 5) is 2.47. The zero-order valence-corrected chi connectivity index (χ0v) is 10.6. The average molecular weight is 214 g/mol. The van der Waals surface area contributed by atoms with Crippen molar-refractivity contribution in [2.75, 3.05) is 32.8 Å². The summed E-state index contributed by atoms with van der Waals surface area (Å²) >= 11 is 0. The molecule has 3 nitrogen and oxygen atoms in total. The lowest BCUT2D eigenvalue weighted by Crippen LogP contribution is -2.53. The van der Waals surface area contributed by atoms with Crippen LogP contribution in [0.5, 0.6) is 0 Å². The molecular formula is C12H26N2O. The minimum Gasteiger partial charge on any atom is -0.394 e. The van der Waals surface area contributed by atoms with Crippen molar-refractivity contribution in [1.82, 2.24) is 10.2 Å². The predicted octanol–water partition coefficient (Wildman–Crippen LogP) is 0.935. The minimum absolute atomic E-state index is 0.140. The Hall–Kier alpha value is -0.120. The zero-order chi connectivity index (χ0) is 11.5. The van der Waals surface area contributed by atoms with Gasteiger partial charge in [0.05, 0.1) is 12.1 Å². The molecule has 0 radical (unpaired) electrons. The van der Waals surface area contributed by atoms with Crippen LogP contribution in [0, 0.1) is 11.8 Å². The van der Waals surface area contributed by atoms with E-state index < -0.39 is 0 Å². The topological polar surface area (TPSA) is 35.5 Å². The number of nitrogens with one attached hydrogen (secondary N) is 1. The van der Waals surface area contributed by atoms with E-state index in [-0.39, 0.29) is 12.1 Å². The predicted molar refractivity (Wildman–Crippen MR) is 63.9 cm³/mol. The van der Waals surface area contributed by atoms with E-state index in [2.05, 4.69) is 37.9 Å². The molecule has 3 atom stereocenters. The van der Waals surface area contributed by atoms with Gasteiger partial charge in [-0.15, -0.1) is 0 Å². The molecule has 3 heteroatoms. The highest BCUT2D eigenvalue weighted by Crippen LogP contribution is 2.23. The minimum atomic E-state index is -0.140. The number of aliphatic hydroxyl groups is 1. The summed E-state index contributed by atoms with van der Waals surface area (Å²) in [6.07, 6.45) is 0. The molecule has 15 heavy (non-hydrogen) atoms. The van der Waals surface area contributed by atoms with Crippen LogP contribution in [0.3, 0.4) is 0 Å². The Morgan fingerprint density at radius 1 is 1.33 bits per heavy atom. The number of likely N-dealkylation sites (tertiary alicyclic amines) is 1. The molecule has 90 valence electrons. The largest absolute Gasteiger partial charge is 0.394 e. The molecule has 2 N–H and O–H groups in total. The van der Waals surface area contributed by atoms with Crippen molar-refractivity contribution in [2.45, 2.75) is 33.2 Å². The number of nitrogens with zero attached hydrogens (tertiary/aromatic N) is 1. The maximum absolute atomic E-state index is 9.42. The summed E-state index contributed by atoms with van der Waals surface area (Å²) in [5.41, 5.74) is -0.140. The van der Waals surface area contributed by atoms with Crippen molar-refractivity contribution in [1.29, 1.82) is 0 Å². The molecule has 1 fully saturated rings. The van der Waals surface area contributed by atoms with Gasteiger partial charge in [-0.3, -0.25) is 0 Å². The van der Waals surface area contributed by atoms with Gasteiger partial charge >= 0.3 is 0 Å². The molecule has 0 amide bonds. The van der Waals surface area contributed by atoms with Crippen molar-refractivity contribution in [3.05, 3.63) is 0 Å². The SMILES string of the molecule is CCNC(C)(CO)CN1CC(C)C(C)C1. The van der Waals surface area contributed by atoms with Crippen LogP contribution in [0.15, 0.2) is 0 Å². The van der Waals surface area contributed by atoms with Gasteiger partial charge < -0.3 is 15.3 Å². The van der Waals surface area contributed by atoms with E-state index in [4.69, 9.17) is 0 Å². The number of aliphatic hydroxyl groups excluding tert-OH is 1. The first kappa shape index (κ1) is 12.9. The van der Waals surface area contributed by atoms with Gasteiger partial charge in [-0.25, -0.2) is 0 Å². The Balaban J connectivity index is 2.46. The Labute approximate surface area is 93.9 Å². The molecule has 0 aliphatic carbocycles. The summed E-state index contributed by atoms with van der Waals surface area (Å²) in [5.74, 6) is 1.57. The van der Waals surface area contributed by atoms with E-state index >= 15 is 0 Å². The van der Waals surface area contributed by atoms with Gasteiger partial charge in [-0.2, -0.15) is 0 Å². The van der Waals surface area contributed by atoms with Gasteiger partial charge in [0.25, 0.3) is 0 Å². The van der Waals surface area contributed by atoms with Gasteiger partial charge in [0.15, 0.2) is 0 Å². The quantitative estimate of drug-likeness (QED) is 0.715. The highest BCUT2D eigenvalue weighted by Gasteiger charge is 2.31. The fraction of sp³-hybridized carbons (Fsp3) is 1.00. The third kappa shape index (κ3) is 3.44. The maximum atomic E-state index is 9.42. The first-order chi connectivity index (χ1) is 7.00. The molecule has 1 rings (SSSR count). The first-order valence-corrected chi connectivity index (χ1v) is 6.09. The van der Waals surface area contributed by atoms with Crippen molar-refractivity contribution >= 4 is 0 Å². The van der Waals surface area contributed by atoms with E-state index in [1.807, 2.05) is 0 Å². The monoisotopic (exact) mass is 214 g/mol. The Morgan fingerprint density at radius 3 is 2.27 bits per heavy atom. The second kappa shape index (κ2) is 5.28. The lowest BCUT2D eigenvalue weighted by Gasteiger charge is -2.33.